The van der Waals surface area contributed by atoms with Crippen LogP contribution in [0.3, 0.4) is 0 Å². The van der Waals surface area contributed by atoms with Crippen LogP contribution < -0.4 is 10.1 Å². The SMILES string of the molecule is COS(=O)(=O)C(C)(C)c1cc2cc(C(=O)Nc3cc(Cl)cc(Oc4ccc(Cl)cc4)c3)sc2cc1F. The lowest BCUT2D eigenvalue weighted by Crippen LogP contribution is -2.31. The van der Waals surface area contributed by atoms with Gasteiger partial charge in [-0.15, -0.1) is 11.3 Å². The summed E-state index contributed by atoms with van der Waals surface area (Å²) in [5, 5.41) is 4.21. The van der Waals surface area contributed by atoms with Crippen molar-refractivity contribution < 1.29 is 26.5 Å². The maximum Gasteiger partial charge on any atom is 0.276 e. The summed E-state index contributed by atoms with van der Waals surface area (Å²) in [6.45, 7) is 2.72. The summed E-state index contributed by atoms with van der Waals surface area (Å²) in [6, 6.07) is 15.8. The first kappa shape index (κ1) is 26.4. The van der Waals surface area contributed by atoms with Crippen molar-refractivity contribution in [2.45, 2.75) is 18.6 Å². The van der Waals surface area contributed by atoms with Gasteiger partial charge >= 0.3 is 0 Å². The van der Waals surface area contributed by atoms with Crippen LogP contribution in [0, 0.1) is 5.82 Å². The number of ether oxygens (including phenoxy) is 1. The first-order valence-corrected chi connectivity index (χ1v) is 13.5. The quantitative estimate of drug-likeness (QED) is 0.232. The van der Waals surface area contributed by atoms with Crippen molar-refractivity contribution >= 4 is 66.3 Å². The summed E-state index contributed by atoms with van der Waals surface area (Å²) in [6.07, 6.45) is 0. The van der Waals surface area contributed by atoms with Crippen LogP contribution in [0.25, 0.3) is 10.1 Å². The third-order valence-electron chi connectivity index (χ3n) is 5.50. The molecule has 3 aromatic carbocycles. The fourth-order valence-corrected chi connectivity index (χ4v) is 5.66. The minimum Gasteiger partial charge on any atom is -0.457 e. The summed E-state index contributed by atoms with van der Waals surface area (Å²) in [5.41, 5.74) is 0.341. The summed E-state index contributed by atoms with van der Waals surface area (Å²) in [7, 11) is -3.04. The molecule has 4 aromatic rings. The highest BCUT2D eigenvalue weighted by Gasteiger charge is 2.39. The number of halogens is 3. The largest absolute Gasteiger partial charge is 0.457 e. The minimum atomic E-state index is -4.07. The number of nitrogens with one attached hydrogen (secondary N) is 1. The van der Waals surface area contributed by atoms with E-state index < -0.39 is 26.6 Å². The molecule has 4 rings (SSSR count). The third-order valence-corrected chi connectivity index (χ3v) is 8.98. The number of rotatable bonds is 7. The summed E-state index contributed by atoms with van der Waals surface area (Å²) in [4.78, 5) is 13.3. The normalized spacial score (nSPS) is 12.1. The van der Waals surface area contributed by atoms with Crippen LogP contribution in [0.4, 0.5) is 10.1 Å². The van der Waals surface area contributed by atoms with Crippen LogP contribution in [0.5, 0.6) is 11.5 Å². The van der Waals surface area contributed by atoms with Crippen molar-refractivity contribution in [2.75, 3.05) is 12.4 Å². The van der Waals surface area contributed by atoms with Crippen LogP contribution in [-0.2, 0) is 19.0 Å². The fraction of sp³-hybridized carbons (Fsp3) is 0.160. The Morgan fingerprint density at radius 3 is 2.33 bits per heavy atom. The molecule has 0 saturated heterocycles. The van der Waals surface area contributed by atoms with Crippen LogP contribution in [-0.4, -0.2) is 21.4 Å². The molecular formula is C25H20Cl2FNO5S2. The predicted molar refractivity (Wildman–Crippen MR) is 142 cm³/mol. The van der Waals surface area contributed by atoms with Gasteiger partial charge in [-0.3, -0.25) is 8.98 Å². The van der Waals surface area contributed by atoms with Gasteiger partial charge in [0.2, 0.25) is 0 Å². The maximum atomic E-state index is 14.9. The number of fused-ring (bicyclic) bond motifs is 1. The van der Waals surface area contributed by atoms with E-state index in [0.29, 0.717) is 42.2 Å². The molecule has 0 aliphatic carbocycles. The lowest BCUT2D eigenvalue weighted by atomic mass is 10.00. The molecule has 1 heterocycles. The topological polar surface area (TPSA) is 81.7 Å². The van der Waals surface area contributed by atoms with Crippen molar-refractivity contribution in [3.8, 4) is 11.5 Å². The van der Waals surface area contributed by atoms with Crippen LogP contribution in [0.2, 0.25) is 10.0 Å². The Labute approximate surface area is 221 Å². The Kier molecular flexibility index (Phi) is 7.32. The average Bonchev–Trinajstić information content (AvgIpc) is 3.22. The van der Waals surface area contributed by atoms with Crippen molar-refractivity contribution in [3.05, 3.63) is 87.0 Å². The van der Waals surface area contributed by atoms with Gasteiger partial charge in [0.25, 0.3) is 16.0 Å². The number of amides is 1. The number of benzene rings is 3. The fourth-order valence-electron chi connectivity index (χ4n) is 3.50. The number of carbonyl (C=O) groups is 1. The Hall–Kier alpha value is -2.69. The van der Waals surface area contributed by atoms with Gasteiger partial charge in [-0.1, -0.05) is 23.2 Å². The smallest absolute Gasteiger partial charge is 0.276 e. The molecule has 0 radical (unpaired) electrons. The average molecular weight is 568 g/mol. The van der Waals surface area contributed by atoms with Gasteiger partial charge in [-0.25, -0.2) is 4.39 Å². The van der Waals surface area contributed by atoms with Crippen LogP contribution >= 0.6 is 34.5 Å². The molecule has 1 amide bonds. The number of carbonyl (C=O) groups excluding carboxylic acids is 1. The molecule has 6 nitrogen and oxygen atoms in total. The Bertz CT molecular complexity index is 1570. The molecule has 0 spiro atoms. The lowest BCUT2D eigenvalue weighted by Gasteiger charge is -2.24. The molecule has 11 heteroatoms. The van der Waals surface area contributed by atoms with Gasteiger partial charge in [-0.05, 0) is 73.8 Å². The standard InChI is InChI=1S/C25H20Cl2FNO5S2/c1-25(2,36(31,32)33-3)20-8-14-9-23(35-22(14)13-21(20)28)24(30)29-17-10-16(27)11-19(12-17)34-18-6-4-15(26)5-7-18/h4-13H,1-3H3,(H,29,30). The van der Waals surface area contributed by atoms with Gasteiger partial charge < -0.3 is 10.1 Å². The molecule has 0 fully saturated rings. The van der Waals surface area contributed by atoms with Gasteiger partial charge in [0.15, 0.2) is 0 Å². The first-order valence-electron chi connectivity index (χ1n) is 10.5. The van der Waals surface area contributed by atoms with E-state index >= 15 is 0 Å². The van der Waals surface area contributed by atoms with Crippen molar-refractivity contribution in [2.24, 2.45) is 0 Å². The number of hydrogen-bond acceptors (Lipinski definition) is 6. The van der Waals surface area contributed by atoms with E-state index in [9.17, 15) is 17.6 Å². The van der Waals surface area contributed by atoms with Crippen LogP contribution in [0.1, 0.15) is 29.1 Å². The number of hydrogen-bond donors (Lipinski definition) is 1. The van der Waals surface area contributed by atoms with E-state index in [2.05, 4.69) is 9.50 Å². The maximum absolute atomic E-state index is 14.9. The lowest BCUT2D eigenvalue weighted by molar-refractivity contribution is 0.103. The zero-order valence-corrected chi connectivity index (χ0v) is 22.4. The third kappa shape index (κ3) is 5.35. The summed E-state index contributed by atoms with van der Waals surface area (Å²) in [5.74, 6) is -0.202. The summed E-state index contributed by atoms with van der Waals surface area (Å²) >= 11 is 13.2. The molecule has 0 unspecified atom stereocenters. The highest BCUT2D eigenvalue weighted by atomic mass is 35.5. The van der Waals surface area contributed by atoms with Gasteiger partial charge in [0, 0.05) is 32.1 Å². The predicted octanol–water partition coefficient (Wildman–Crippen LogP) is 7.60. The van der Waals surface area contributed by atoms with E-state index in [4.69, 9.17) is 27.9 Å². The molecule has 0 saturated carbocycles. The molecule has 36 heavy (non-hydrogen) atoms. The number of anilines is 1. The van der Waals surface area contributed by atoms with E-state index in [1.807, 2.05) is 0 Å². The molecular weight excluding hydrogens is 548 g/mol. The summed E-state index contributed by atoms with van der Waals surface area (Å²) < 4.78 is 48.8. The van der Waals surface area contributed by atoms with Crippen LogP contribution in [0.15, 0.2) is 60.7 Å². The highest BCUT2D eigenvalue weighted by Crippen LogP contribution is 2.37. The molecule has 188 valence electrons. The van der Waals surface area contributed by atoms with E-state index in [-0.39, 0.29) is 5.56 Å². The van der Waals surface area contributed by atoms with Gasteiger partial charge in [0.1, 0.15) is 22.1 Å². The van der Waals surface area contributed by atoms with E-state index in [1.165, 1.54) is 26.0 Å². The molecule has 1 N–H and O–H groups in total. The molecule has 0 aliphatic rings. The van der Waals surface area contributed by atoms with E-state index in [0.717, 1.165) is 18.4 Å². The highest BCUT2D eigenvalue weighted by molar-refractivity contribution is 7.87. The van der Waals surface area contributed by atoms with E-state index in [1.54, 1.807) is 48.5 Å². The molecule has 0 bridgehead atoms. The van der Waals surface area contributed by atoms with Crippen molar-refractivity contribution in [1.82, 2.24) is 0 Å². The second-order valence-electron chi connectivity index (χ2n) is 8.30. The molecule has 0 atom stereocenters. The Morgan fingerprint density at radius 1 is 0.972 bits per heavy atom. The van der Waals surface area contributed by atoms with Gasteiger partial charge in [0.05, 0.1) is 12.0 Å². The minimum absolute atomic E-state index is 0.0551. The molecule has 0 aliphatic heterocycles. The Balaban J connectivity index is 1.60. The first-order chi connectivity index (χ1) is 16.9. The Morgan fingerprint density at radius 2 is 1.67 bits per heavy atom. The second-order valence-corrected chi connectivity index (χ2v) is 12.5. The second kappa shape index (κ2) is 9.99. The monoisotopic (exact) mass is 567 g/mol. The molecule has 1 aromatic heterocycles. The van der Waals surface area contributed by atoms with Crippen molar-refractivity contribution in [3.63, 3.8) is 0 Å². The van der Waals surface area contributed by atoms with Crippen molar-refractivity contribution in [1.29, 1.82) is 0 Å². The van der Waals surface area contributed by atoms with Gasteiger partial charge in [-0.2, -0.15) is 8.42 Å². The zero-order valence-electron chi connectivity index (χ0n) is 19.3. The zero-order chi connectivity index (χ0) is 26.3. The number of thiophene rings is 1.